The van der Waals surface area contributed by atoms with Gasteiger partial charge in [0.2, 0.25) is 0 Å². The average molecular weight is 240 g/mol. The highest BCUT2D eigenvalue weighted by Gasteiger charge is 1.99. The molecule has 1 aromatic rings. The van der Waals surface area contributed by atoms with Gasteiger partial charge in [-0.3, -0.25) is 0 Å². The molecule has 0 saturated heterocycles. The summed E-state index contributed by atoms with van der Waals surface area (Å²) in [5.74, 6) is 1.10. The van der Waals surface area contributed by atoms with Crippen molar-refractivity contribution >= 4 is 35.5 Å². The average Bonchev–Trinajstić information content (AvgIpc) is 2.45. The van der Waals surface area contributed by atoms with Gasteiger partial charge in [0, 0.05) is 5.75 Å². The Morgan fingerprint density at radius 2 is 2.15 bits per heavy atom. The van der Waals surface area contributed by atoms with Crippen LogP contribution >= 0.6 is 35.5 Å². The number of aryl methyl sites for hydroxylation is 1. The third kappa shape index (κ3) is 5.46. The smallest absolute Gasteiger partial charge is 0.174 e. The maximum Gasteiger partial charge on any atom is 0.174 e. The van der Waals surface area contributed by atoms with Gasteiger partial charge in [0.15, 0.2) is 4.34 Å². The number of hydrogen-bond donors (Lipinski definition) is 1. The predicted molar refractivity (Wildman–Crippen MR) is 60.9 cm³/mol. The molecule has 1 aromatic heterocycles. The molecule has 1 heterocycles. The lowest BCUT2D eigenvalue weighted by Gasteiger charge is -1.94. The predicted octanol–water partition coefficient (Wildman–Crippen LogP) is 2.10. The van der Waals surface area contributed by atoms with Crippen molar-refractivity contribution in [1.29, 1.82) is 0 Å². The Labute approximate surface area is 92.9 Å². The highest BCUT2D eigenvalue weighted by Crippen LogP contribution is 2.22. The number of nitrogens with two attached hydrogens (primary N) is 1. The molecule has 0 aliphatic heterocycles. The summed E-state index contributed by atoms with van der Waals surface area (Å²) in [6.45, 7) is 2.76. The molecule has 6 heteroatoms. The zero-order chi connectivity index (χ0) is 8.81. The normalized spacial score (nSPS) is 9.69. The van der Waals surface area contributed by atoms with E-state index in [1.54, 1.807) is 23.1 Å². The number of aromatic nitrogens is 2. The van der Waals surface area contributed by atoms with E-state index in [1.165, 1.54) is 6.42 Å². The second-order valence-corrected chi connectivity index (χ2v) is 4.95. The maximum absolute atomic E-state index is 5.38. The minimum atomic E-state index is 0. The van der Waals surface area contributed by atoms with Crippen LogP contribution in [-0.4, -0.2) is 22.5 Å². The van der Waals surface area contributed by atoms with E-state index in [1.807, 2.05) is 6.92 Å². The van der Waals surface area contributed by atoms with Gasteiger partial charge >= 0.3 is 0 Å². The van der Waals surface area contributed by atoms with Crippen LogP contribution in [0.3, 0.4) is 0 Å². The van der Waals surface area contributed by atoms with Crippen LogP contribution in [0, 0.1) is 6.92 Å². The summed E-state index contributed by atoms with van der Waals surface area (Å²) >= 11 is 3.43. The summed E-state index contributed by atoms with van der Waals surface area (Å²) in [6, 6.07) is 0. The molecule has 0 radical (unpaired) electrons. The molecule has 1 rings (SSSR count). The Hall–Kier alpha value is 0.160. The molecule has 0 aliphatic carbocycles. The van der Waals surface area contributed by atoms with Crippen LogP contribution in [0.15, 0.2) is 4.34 Å². The Kier molecular flexibility index (Phi) is 7.65. The molecule has 0 unspecified atom stereocenters. The summed E-state index contributed by atoms with van der Waals surface area (Å²) in [7, 11) is 0. The largest absolute Gasteiger partial charge is 0.330 e. The first-order chi connectivity index (χ1) is 5.83. The highest BCUT2D eigenvalue weighted by molar-refractivity contribution is 8.01. The molecule has 2 N–H and O–H groups in total. The minimum Gasteiger partial charge on any atom is -0.330 e. The van der Waals surface area contributed by atoms with E-state index in [2.05, 4.69) is 10.2 Å². The molecule has 0 atom stereocenters. The van der Waals surface area contributed by atoms with Crippen molar-refractivity contribution in [1.82, 2.24) is 10.2 Å². The highest BCUT2D eigenvalue weighted by atomic mass is 35.5. The third-order valence-electron chi connectivity index (χ3n) is 1.33. The van der Waals surface area contributed by atoms with Crippen LogP contribution in [0.4, 0.5) is 0 Å². The molecular formula is C7H14ClN3S2. The molecule has 3 nitrogen and oxygen atoms in total. The van der Waals surface area contributed by atoms with Gasteiger partial charge in [0.1, 0.15) is 5.01 Å². The number of nitrogens with zero attached hydrogens (tertiary/aromatic N) is 2. The second-order valence-electron chi connectivity index (χ2n) is 2.43. The van der Waals surface area contributed by atoms with Crippen molar-refractivity contribution in [3.63, 3.8) is 0 Å². The van der Waals surface area contributed by atoms with E-state index in [-0.39, 0.29) is 12.4 Å². The zero-order valence-corrected chi connectivity index (χ0v) is 9.97. The first kappa shape index (κ1) is 13.2. The second kappa shape index (κ2) is 7.55. The van der Waals surface area contributed by atoms with Crippen LogP contribution < -0.4 is 5.73 Å². The van der Waals surface area contributed by atoms with Crippen LogP contribution in [0.2, 0.25) is 0 Å². The monoisotopic (exact) mass is 239 g/mol. The van der Waals surface area contributed by atoms with Crippen LogP contribution in [0.25, 0.3) is 0 Å². The zero-order valence-electron chi connectivity index (χ0n) is 7.52. The van der Waals surface area contributed by atoms with Gasteiger partial charge in [-0.2, -0.15) is 0 Å². The first-order valence-electron chi connectivity index (χ1n) is 3.96. The van der Waals surface area contributed by atoms with Gasteiger partial charge in [0.05, 0.1) is 0 Å². The summed E-state index contributed by atoms with van der Waals surface area (Å²) in [4.78, 5) is 0. The van der Waals surface area contributed by atoms with Crippen molar-refractivity contribution in [3.05, 3.63) is 5.01 Å². The van der Waals surface area contributed by atoms with Gasteiger partial charge < -0.3 is 5.73 Å². The van der Waals surface area contributed by atoms with Crippen molar-refractivity contribution in [3.8, 4) is 0 Å². The lowest BCUT2D eigenvalue weighted by molar-refractivity contribution is 0.814. The van der Waals surface area contributed by atoms with Crippen LogP contribution in [0.1, 0.15) is 17.8 Å². The number of hydrogen-bond acceptors (Lipinski definition) is 5. The lowest BCUT2D eigenvalue weighted by Crippen LogP contribution is -1.98. The van der Waals surface area contributed by atoms with E-state index in [0.29, 0.717) is 0 Å². The summed E-state index contributed by atoms with van der Waals surface area (Å²) in [5.41, 5.74) is 5.38. The standard InChI is InChI=1S/C7H13N3S2.ClH/c1-6-9-10-7(12-6)11-5-3-2-4-8;/h2-5,8H2,1H3;1H. The fourth-order valence-corrected chi connectivity index (χ4v) is 2.63. The molecule has 0 bridgehead atoms. The van der Waals surface area contributed by atoms with Crippen LogP contribution in [-0.2, 0) is 0 Å². The molecule has 76 valence electrons. The van der Waals surface area contributed by atoms with Gasteiger partial charge in [-0.15, -0.1) is 22.6 Å². The third-order valence-corrected chi connectivity index (χ3v) is 3.39. The molecule has 13 heavy (non-hydrogen) atoms. The molecule has 0 aliphatic rings. The fraction of sp³-hybridized carbons (Fsp3) is 0.714. The Balaban J connectivity index is 0.00000144. The SMILES string of the molecule is Cc1nnc(SCCCCN)s1.Cl. The molecule has 0 spiro atoms. The number of unbranched alkanes of at least 4 members (excludes halogenated alkanes) is 1. The topological polar surface area (TPSA) is 51.8 Å². The van der Waals surface area contributed by atoms with Crippen molar-refractivity contribution in [2.24, 2.45) is 5.73 Å². The molecule has 0 fully saturated rings. The Morgan fingerprint density at radius 1 is 1.38 bits per heavy atom. The Bertz CT molecular complexity index is 229. The summed E-state index contributed by atoms with van der Waals surface area (Å²) in [6.07, 6.45) is 2.27. The van der Waals surface area contributed by atoms with Crippen molar-refractivity contribution < 1.29 is 0 Å². The fourth-order valence-electron chi connectivity index (χ4n) is 0.743. The minimum absolute atomic E-state index is 0. The molecular weight excluding hydrogens is 226 g/mol. The van der Waals surface area contributed by atoms with Crippen LogP contribution in [0.5, 0.6) is 0 Å². The molecule has 0 aromatic carbocycles. The van der Waals surface area contributed by atoms with Crippen molar-refractivity contribution in [2.45, 2.75) is 24.1 Å². The molecule has 0 saturated carbocycles. The molecule has 0 amide bonds. The van der Waals surface area contributed by atoms with Crippen molar-refractivity contribution in [2.75, 3.05) is 12.3 Å². The lowest BCUT2D eigenvalue weighted by atomic mass is 10.3. The van der Waals surface area contributed by atoms with E-state index >= 15 is 0 Å². The maximum atomic E-state index is 5.38. The van der Waals surface area contributed by atoms with Gasteiger partial charge in [-0.05, 0) is 26.3 Å². The number of thioether (sulfide) groups is 1. The van der Waals surface area contributed by atoms with Gasteiger partial charge in [-0.25, -0.2) is 0 Å². The first-order valence-corrected chi connectivity index (χ1v) is 5.76. The summed E-state index contributed by atoms with van der Waals surface area (Å²) < 4.78 is 1.07. The van der Waals surface area contributed by atoms with Gasteiger partial charge in [0.25, 0.3) is 0 Å². The van der Waals surface area contributed by atoms with E-state index in [9.17, 15) is 0 Å². The summed E-state index contributed by atoms with van der Waals surface area (Å²) in [5, 5.41) is 8.99. The quantitative estimate of drug-likeness (QED) is 0.632. The van der Waals surface area contributed by atoms with E-state index in [4.69, 9.17) is 5.73 Å². The van der Waals surface area contributed by atoms with Gasteiger partial charge in [-0.1, -0.05) is 23.1 Å². The Morgan fingerprint density at radius 3 is 2.69 bits per heavy atom. The van der Waals surface area contributed by atoms with E-state index in [0.717, 1.165) is 28.1 Å². The van der Waals surface area contributed by atoms with E-state index < -0.39 is 0 Å². The number of rotatable bonds is 5. The number of halogens is 1.